The normalized spacial score (nSPS) is 30.0. The van der Waals surface area contributed by atoms with E-state index in [-0.39, 0.29) is 0 Å². The van der Waals surface area contributed by atoms with Crippen LogP contribution >= 0.6 is 0 Å². The van der Waals surface area contributed by atoms with Gasteiger partial charge in [0.2, 0.25) is 0 Å². The molecular formula is C9H19NO. The predicted octanol–water partition coefficient (Wildman–Crippen LogP) is 1.41. The molecule has 1 rings (SSSR count). The van der Waals surface area contributed by atoms with E-state index in [9.17, 15) is 0 Å². The van der Waals surface area contributed by atoms with Gasteiger partial charge in [0.15, 0.2) is 0 Å². The minimum atomic E-state index is 0.573. The number of ether oxygens (including phenoxy) is 1. The molecule has 0 aromatic rings. The monoisotopic (exact) mass is 157 g/mol. The van der Waals surface area contributed by atoms with Crippen molar-refractivity contribution in [3.63, 3.8) is 0 Å². The van der Waals surface area contributed by atoms with Crippen molar-refractivity contribution in [2.24, 2.45) is 5.92 Å². The average Bonchev–Trinajstić information content (AvgIpc) is 1.94. The molecule has 0 spiro atoms. The third kappa shape index (κ3) is 2.80. The highest BCUT2D eigenvalue weighted by molar-refractivity contribution is 4.81. The van der Waals surface area contributed by atoms with Gasteiger partial charge in [-0.3, -0.25) is 0 Å². The lowest BCUT2D eigenvalue weighted by Crippen LogP contribution is -2.37. The van der Waals surface area contributed by atoms with Gasteiger partial charge in [0.25, 0.3) is 0 Å². The Balaban J connectivity index is 1.92. The summed E-state index contributed by atoms with van der Waals surface area (Å²) in [6.45, 7) is 7.37. The van der Waals surface area contributed by atoms with Crippen LogP contribution in [0.3, 0.4) is 0 Å². The Morgan fingerprint density at radius 3 is 2.64 bits per heavy atom. The summed E-state index contributed by atoms with van der Waals surface area (Å²) < 4.78 is 5.46. The Morgan fingerprint density at radius 1 is 1.36 bits per heavy atom. The highest BCUT2D eigenvalue weighted by atomic mass is 16.5. The molecule has 0 atom stereocenters. The fourth-order valence-corrected chi connectivity index (χ4v) is 1.56. The van der Waals surface area contributed by atoms with E-state index in [1.165, 1.54) is 19.4 Å². The summed E-state index contributed by atoms with van der Waals surface area (Å²) in [5.41, 5.74) is 0. The van der Waals surface area contributed by atoms with Crippen LogP contribution in [0.15, 0.2) is 0 Å². The molecule has 0 radical (unpaired) electrons. The van der Waals surface area contributed by atoms with Gasteiger partial charge in [0.05, 0.1) is 6.10 Å². The molecule has 0 saturated heterocycles. The van der Waals surface area contributed by atoms with Gasteiger partial charge in [0.1, 0.15) is 0 Å². The summed E-state index contributed by atoms with van der Waals surface area (Å²) in [4.78, 5) is 0. The van der Waals surface area contributed by atoms with Gasteiger partial charge in [-0.25, -0.2) is 0 Å². The number of hydrogen-bond acceptors (Lipinski definition) is 2. The first-order valence-electron chi connectivity index (χ1n) is 4.69. The summed E-state index contributed by atoms with van der Waals surface area (Å²) in [7, 11) is 0. The molecule has 0 aliphatic heterocycles. The molecule has 1 fully saturated rings. The standard InChI is InChI=1S/C9H19NO/c1-3-10-7-8-5-9(6-8)11-4-2/h8-10H,3-7H2,1-2H3. The molecule has 0 heterocycles. The molecule has 1 aliphatic rings. The van der Waals surface area contributed by atoms with Crippen molar-refractivity contribution in [1.29, 1.82) is 0 Å². The maximum atomic E-state index is 5.46. The topological polar surface area (TPSA) is 21.3 Å². The largest absolute Gasteiger partial charge is 0.378 e. The number of hydrogen-bond donors (Lipinski definition) is 1. The van der Waals surface area contributed by atoms with E-state index in [4.69, 9.17) is 4.74 Å². The van der Waals surface area contributed by atoms with Gasteiger partial charge in [-0.1, -0.05) is 6.92 Å². The van der Waals surface area contributed by atoms with Crippen LogP contribution in [0.4, 0.5) is 0 Å². The van der Waals surface area contributed by atoms with Crippen molar-refractivity contribution in [2.45, 2.75) is 32.8 Å². The highest BCUT2D eigenvalue weighted by Crippen LogP contribution is 2.29. The van der Waals surface area contributed by atoms with Crippen LogP contribution in [-0.2, 0) is 4.74 Å². The first-order chi connectivity index (χ1) is 5.36. The molecule has 0 bridgehead atoms. The lowest BCUT2D eigenvalue weighted by molar-refractivity contribution is -0.0236. The highest BCUT2D eigenvalue weighted by Gasteiger charge is 2.28. The second-order valence-corrected chi connectivity index (χ2v) is 3.22. The summed E-state index contributed by atoms with van der Waals surface area (Å²) >= 11 is 0. The Bertz CT molecular complexity index is 99.7. The van der Waals surface area contributed by atoms with Crippen LogP contribution in [0.5, 0.6) is 0 Å². The van der Waals surface area contributed by atoms with E-state index < -0.39 is 0 Å². The van der Waals surface area contributed by atoms with Gasteiger partial charge >= 0.3 is 0 Å². The van der Waals surface area contributed by atoms with E-state index in [2.05, 4.69) is 19.2 Å². The van der Waals surface area contributed by atoms with E-state index in [0.29, 0.717) is 6.10 Å². The lowest BCUT2D eigenvalue weighted by Gasteiger charge is -2.34. The van der Waals surface area contributed by atoms with Crippen molar-refractivity contribution in [3.05, 3.63) is 0 Å². The Kier molecular flexibility index (Phi) is 3.87. The van der Waals surface area contributed by atoms with Crippen LogP contribution in [0.1, 0.15) is 26.7 Å². The average molecular weight is 157 g/mol. The molecule has 0 aromatic heterocycles. The molecule has 0 unspecified atom stereocenters. The Morgan fingerprint density at radius 2 is 2.09 bits per heavy atom. The second-order valence-electron chi connectivity index (χ2n) is 3.22. The Hall–Kier alpha value is -0.0800. The molecule has 11 heavy (non-hydrogen) atoms. The van der Waals surface area contributed by atoms with Gasteiger partial charge in [-0.05, 0) is 38.8 Å². The quantitative estimate of drug-likeness (QED) is 0.651. The summed E-state index contributed by atoms with van der Waals surface area (Å²) in [5.74, 6) is 0.881. The zero-order valence-corrected chi connectivity index (χ0v) is 7.60. The fraction of sp³-hybridized carbons (Fsp3) is 1.00. The molecule has 0 aromatic carbocycles. The summed E-state index contributed by atoms with van der Waals surface area (Å²) in [6, 6.07) is 0. The van der Waals surface area contributed by atoms with Crippen LogP contribution in [0, 0.1) is 5.92 Å². The third-order valence-corrected chi connectivity index (χ3v) is 2.28. The van der Waals surface area contributed by atoms with Gasteiger partial charge in [-0.2, -0.15) is 0 Å². The first-order valence-corrected chi connectivity index (χ1v) is 4.69. The number of rotatable bonds is 5. The van der Waals surface area contributed by atoms with Crippen molar-refractivity contribution >= 4 is 0 Å². The molecule has 66 valence electrons. The minimum Gasteiger partial charge on any atom is -0.378 e. The van der Waals surface area contributed by atoms with Gasteiger partial charge in [0, 0.05) is 6.61 Å². The van der Waals surface area contributed by atoms with Crippen LogP contribution in [-0.4, -0.2) is 25.8 Å². The maximum Gasteiger partial charge on any atom is 0.0581 e. The predicted molar refractivity (Wildman–Crippen MR) is 46.7 cm³/mol. The van der Waals surface area contributed by atoms with Crippen molar-refractivity contribution in [2.75, 3.05) is 19.7 Å². The van der Waals surface area contributed by atoms with Gasteiger partial charge < -0.3 is 10.1 Å². The van der Waals surface area contributed by atoms with Crippen LogP contribution in [0.2, 0.25) is 0 Å². The van der Waals surface area contributed by atoms with E-state index in [0.717, 1.165) is 19.1 Å². The van der Waals surface area contributed by atoms with Crippen molar-refractivity contribution in [1.82, 2.24) is 5.32 Å². The minimum absolute atomic E-state index is 0.573. The van der Waals surface area contributed by atoms with Crippen LogP contribution < -0.4 is 5.32 Å². The molecular weight excluding hydrogens is 138 g/mol. The third-order valence-electron chi connectivity index (χ3n) is 2.28. The molecule has 1 N–H and O–H groups in total. The molecule has 1 aliphatic carbocycles. The molecule has 2 nitrogen and oxygen atoms in total. The SMILES string of the molecule is CCNCC1CC(OCC)C1. The Labute approximate surface area is 69.3 Å². The molecule has 1 saturated carbocycles. The molecule has 2 heteroatoms. The summed E-state index contributed by atoms with van der Waals surface area (Å²) in [5, 5.41) is 3.36. The fourth-order valence-electron chi connectivity index (χ4n) is 1.56. The smallest absolute Gasteiger partial charge is 0.0581 e. The van der Waals surface area contributed by atoms with Crippen LogP contribution in [0.25, 0.3) is 0 Å². The van der Waals surface area contributed by atoms with E-state index in [1.807, 2.05) is 0 Å². The van der Waals surface area contributed by atoms with E-state index >= 15 is 0 Å². The zero-order chi connectivity index (χ0) is 8.10. The van der Waals surface area contributed by atoms with Gasteiger partial charge in [-0.15, -0.1) is 0 Å². The molecule has 0 amide bonds. The van der Waals surface area contributed by atoms with E-state index in [1.54, 1.807) is 0 Å². The number of nitrogens with one attached hydrogen (secondary N) is 1. The first kappa shape index (κ1) is 9.01. The van der Waals surface area contributed by atoms with Crippen molar-refractivity contribution in [3.8, 4) is 0 Å². The maximum absolute atomic E-state index is 5.46. The lowest BCUT2D eigenvalue weighted by atomic mass is 9.82. The summed E-state index contributed by atoms with van der Waals surface area (Å²) in [6.07, 6.45) is 3.10. The zero-order valence-electron chi connectivity index (χ0n) is 7.60. The van der Waals surface area contributed by atoms with Crippen molar-refractivity contribution < 1.29 is 4.74 Å². The second kappa shape index (κ2) is 4.73.